The minimum Gasteiger partial charge on any atom is -0.493 e. The summed E-state index contributed by atoms with van der Waals surface area (Å²) in [6.07, 6.45) is 0. The number of aryl methyl sites for hydroxylation is 1. The lowest BCUT2D eigenvalue weighted by Crippen LogP contribution is -2.34. The molecule has 1 amide bonds. The molecule has 26 heavy (non-hydrogen) atoms. The van der Waals surface area contributed by atoms with Gasteiger partial charge in [-0.05, 0) is 84.0 Å². The van der Waals surface area contributed by atoms with Crippen LogP contribution in [0.15, 0.2) is 40.9 Å². The van der Waals surface area contributed by atoms with Crippen molar-refractivity contribution in [3.8, 4) is 5.75 Å². The molecule has 0 bridgehead atoms. The van der Waals surface area contributed by atoms with Crippen molar-refractivity contribution in [3.05, 3.63) is 57.6 Å². The normalized spacial score (nSPS) is 10.1. The third-order valence-electron chi connectivity index (χ3n) is 3.44. The van der Waals surface area contributed by atoms with Crippen LogP contribution in [0.3, 0.4) is 0 Å². The summed E-state index contributed by atoms with van der Waals surface area (Å²) in [5.74, 6) is -0.721. The number of ether oxygens (including phenoxy) is 1. The van der Waals surface area contributed by atoms with E-state index in [0.29, 0.717) is 33.6 Å². The summed E-state index contributed by atoms with van der Waals surface area (Å²) in [6.45, 7) is 4.16. The van der Waals surface area contributed by atoms with E-state index in [0.717, 1.165) is 0 Å². The second kappa shape index (κ2) is 8.77. The molecule has 3 N–H and O–H groups in total. The van der Waals surface area contributed by atoms with E-state index >= 15 is 0 Å². The van der Waals surface area contributed by atoms with Crippen LogP contribution in [-0.2, 0) is 0 Å². The summed E-state index contributed by atoms with van der Waals surface area (Å²) in [5, 5.41) is 14.6. The molecule has 0 aliphatic heterocycles. The first-order valence-electron chi connectivity index (χ1n) is 7.70. The van der Waals surface area contributed by atoms with Crippen molar-refractivity contribution in [1.29, 1.82) is 0 Å². The van der Waals surface area contributed by atoms with Gasteiger partial charge in [0.1, 0.15) is 5.75 Å². The molecule has 8 heteroatoms. The van der Waals surface area contributed by atoms with Crippen LogP contribution in [-0.4, -0.2) is 28.7 Å². The zero-order valence-corrected chi connectivity index (χ0v) is 16.5. The minimum absolute atomic E-state index is 0.117. The molecule has 0 unspecified atom stereocenters. The van der Waals surface area contributed by atoms with Crippen molar-refractivity contribution in [2.45, 2.75) is 13.8 Å². The molecule has 2 aromatic rings. The number of halogens is 1. The summed E-state index contributed by atoms with van der Waals surface area (Å²) >= 11 is 8.52. The Balaban J connectivity index is 2.04. The van der Waals surface area contributed by atoms with Crippen molar-refractivity contribution in [3.63, 3.8) is 0 Å². The first-order valence-corrected chi connectivity index (χ1v) is 8.90. The highest BCUT2D eigenvalue weighted by atomic mass is 79.9. The summed E-state index contributed by atoms with van der Waals surface area (Å²) in [6, 6.07) is 9.58. The summed E-state index contributed by atoms with van der Waals surface area (Å²) < 4.78 is 6.08. The van der Waals surface area contributed by atoms with Gasteiger partial charge in [0.25, 0.3) is 5.91 Å². The molecule has 2 rings (SSSR count). The number of carbonyl (C=O) groups is 2. The van der Waals surface area contributed by atoms with Gasteiger partial charge in [0.05, 0.1) is 16.6 Å². The van der Waals surface area contributed by atoms with Gasteiger partial charge in [-0.15, -0.1) is 0 Å². The van der Waals surface area contributed by atoms with E-state index in [1.54, 1.807) is 31.2 Å². The van der Waals surface area contributed by atoms with E-state index in [1.807, 2.05) is 6.92 Å². The summed E-state index contributed by atoms with van der Waals surface area (Å²) in [4.78, 5) is 23.3. The van der Waals surface area contributed by atoms with Gasteiger partial charge >= 0.3 is 5.97 Å². The van der Waals surface area contributed by atoms with Gasteiger partial charge in [-0.3, -0.25) is 10.1 Å². The minimum atomic E-state index is -1.00. The second-order valence-electron chi connectivity index (χ2n) is 5.32. The highest BCUT2D eigenvalue weighted by Crippen LogP contribution is 2.26. The lowest BCUT2D eigenvalue weighted by atomic mass is 10.1. The molecule has 0 radical (unpaired) electrons. The Bertz CT molecular complexity index is 870. The molecule has 0 fully saturated rings. The Kier molecular flexibility index (Phi) is 6.70. The standard InChI is InChI=1S/C18H17BrN2O4S/c1-3-25-15-7-5-11(9-13(15)19)16(22)21-18(26)20-14-6-4-12(17(23)24)8-10(14)2/h4-9H,3H2,1-2H3,(H,23,24)(H2,20,21,22,26). The number of anilines is 1. The first-order chi connectivity index (χ1) is 12.3. The van der Waals surface area contributed by atoms with Crippen molar-refractivity contribution in [2.24, 2.45) is 0 Å². The molecule has 6 nitrogen and oxygen atoms in total. The summed E-state index contributed by atoms with van der Waals surface area (Å²) in [7, 11) is 0. The van der Waals surface area contributed by atoms with E-state index < -0.39 is 5.97 Å². The number of nitrogens with one attached hydrogen (secondary N) is 2. The van der Waals surface area contributed by atoms with Gasteiger partial charge in [-0.25, -0.2) is 4.79 Å². The zero-order valence-electron chi connectivity index (χ0n) is 14.1. The predicted molar refractivity (Wildman–Crippen MR) is 107 cm³/mol. The fraction of sp³-hybridized carbons (Fsp3) is 0.167. The van der Waals surface area contributed by atoms with Gasteiger partial charge in [0.15, 0.2) is 5.11 Å². The van der Waals surface area contributed by atoms with E-state index in [1.165, 1.54) is 12.1 Å². The van der Waals surface area contributed by atoms with Crippen LogP contribution in [0, 0.1) is 6.92 Å². The number of benzene rings is 2. The Morgan fingerprint density at radius 3 is 2.46 bits per heavy atom. The molecule has 0 saturated heterocycles. The van der Waals surface area contributed by atoms with E-state index in [2.05, 4.69) is 26.6 Å². The smallest absolute Gasteiger partial charge is 0.335 e. The Morgan fingerprint density at radius 2 is 1.88 bits per heavy atom. The average Bonchev–Trinajstić information content (AvgIpc) is 2.58. The van der Waals surface area contributed by atoms with Crippen LogP contribution in [0.4, 0.5) is 5.69 Å². The predicted octanol–water partition coefficient (Wildman–Crippen LogP) is 3.98. The van der Waals surface area contributed by atoms with Crippen LogP contribution in [0.2, 0.25) is 0 Å². The van der Waals surface area contributed by atoms with Crippen LogP contribution in [0.5, 0.6) is 5.75 Å². The average molecular weight is 437 g/mol. The van der Waals surface area contributed by atoms with Gasteiger partial charge in [0, 0.05) is 11.3 Å². The van der Waals surface area contributed by atoms with E-state index in [-0.39, 0.29) is 16.6 Å². The van der Waals surface area contributed by atoms with Gasteiger partial charge in [-0.1, -0.05) is 0 Å². The van der Waals surface area contributed by atoms with Crippen LogP contribution < -0.4 is 15.4 Å². The highest BCUT2D eigenvalue weighted by Gasteiger charge is 2.12. The van der Waals surface area contributed by atoms with Crippen molar-refractivity contribution in [2.75, 3.05) is 11.9 Å². The zero-order chi connectivity index (χ0) is 19.3. The Morgan fingerprint density at radius 1 is 1.19 bits per heavy atom. The third kappa shape index (κ3) is 5.03. The molecule has 2 aromatic carbocycles. The molecule has 0 aromatic heterocycles. The maximum atomic E-state index is 12.3. The molecule has 0 heterocycles. The largest absolute Gasteiger partial charge is 0.493 e. The maximum Gasteiger partial charge on any atom is 0.335 e. The number of carboxylic acids is 1. The lowest BCUT2D eigenvalue weighted by Gasteiger charge is -2.13. The summed E-state index contributed by atoms with van der Waals surface area (Å²) in [5.41, 5.74) is 1.92. The van der Waals surface area contributed by atoms with Crippen molar-refractivity contribution < 1.29 is 19.4 Å². The number of amides is 1. The second-order valence-corrected chi connectivity index (χ2v) is 6.58. The number of rotatable bonds is 5. The monoisotopic (exact) mass is 436 g/mol. The van der Waals surface area contributed by atoms with Crippen LogP contribution in [0.1, 0.15) is 33.2 Å². The fourth-order valence-electron chi connectivity index (χ4n) is 2.18. The number of carboxylic acid groups (broad SMARTS) is 1. The highest BCUT2D eigenvalue weighted by molar-refractivity contribution is 9.10. The third-order valence-corrected chi connectivity index (χ3v) is 4.27. The van der Waals surface area contributed by atoms with Crippen LogP contribution in [0.25, 0.3) is 0 Å². The molecule has 0 spiro atoms. The Hall–Kier alpha value is -2.45. The first kappa shape index (κ1) is 19.9. The number of thiocarbonyl (C=S) groups is 1. The van der Waals surface area contributed by atoms with Crippen molar-refractivity contribution in [1.82, 2.24) is 5.32 Å². The van der Waals surface area contributed by atoms with E-state index in [4.69, 9.17) is 22.1 Å². The molecule has 0 saturated carbocycles. The number of hydrogen-bond acceptors (Lipinski definition) is 4. The van der Waals surface area contributed by atoms with Gasteiger partial charge < -0.3 is 15.2 Å². The molecule has 0 aliphatic carbocycles. The van der Waals surface area contributed by atoms with Gasteiger partial charge in [0.2, 0.25) is 0 Å². The quantitative estimate of drug-likeness (QED) is 0.614. The lowest BCUT2D eigenvalue weighted by molar-refractivity contribution is 0.0696. The van der Waals surface area contributed by atoms with Gasteiger partial charge in [-0.2, -0.15) is 0 Å². The van der Waals surface area contributed by atoms with E-state index in [9.17, 15) is 9.59 Å². The number of hydrogen-bond donors (Lipinski definition) is 3. The molecule has 136 valence electrons. The maximum absolute atomic E-state index is 12.3. The van der Waals surface area contributed by atoms with Crippen molar-refractivity contribution >= 4 is 50.8 Å². The molecular formula is C18H17BrN2O4S. The number of carbonyl (C=O) groups excluding carboxylic acids is 1. The topological polar surface area (TPSA) is 87.7 Å². The SMILES string of the molecule is CCOc1ccc(C(=O)NC(=S)Nc2ccc(C(=O)O)cc2C)cc1Br. The fourth-order valence-corrected chi connectivity index (χ4v) is 2.88. The molecule has 0 atom stereocenters. The Labute approximate surface area is 164 Å². The molecule has 0 aliphatic rings. The van der Waals surface area contributed by atoms with Crippen LogP contribution >= 0.6 is 28.1 Å². The number of aromatic carboxylic acids is 1. The molecular weight excluding hydrogens is 420 g/mol.